The second-order valence-corrected chi connectivity index (χ2v) is 5.50. The van der Waals surface area contributed by atoms with Gasteiger partial charge in [-0.25, -0.2) is 4.79 Å². The second kappa shape index (κ2) is 8.52. The fourth-order valence-corrected chi connectivity index (χ4v) is 1.44. The van der Waals surface area contributed by atoms with E-state index in [1.165, 1.54) is 7.11 Å². The summed E-state index contributed by atoms with van der Waals surface area (Å²) in [5, 5.41) is 14.5. The molecule has 0 aromatic carbocycles. The third kappa shape index (κ3) is 9.32. The lowest BCUT2D eigenvalue weighted by Gasteiger charge is -2.20. The molecule has 0 spiro atoms. The van der Waals surface area contributed by atoms with E-state index in [0.717, 1.165) is 0 Å². The molecule has 0 unspecified atom stereocenters. The molecule has 7 nitrogen and oxygen atoms in total. The van der Waals surface area contributed by atoms with E-state index in [4.69, 9.17) is 5.11 Å². The molecule has 0 radical (unpaired) electrons. The predicted molar refractivity (Wildman–Crippen MR) is 73.2 cm³/mol. The van der Waals surface area contributed by atoms with Gasteiger partial charge in [0, 0.05) is 24.9 Å². The number of carboxylic acid groups (broad SMARTS) is 1. The molecule has 1 atom stereocenters. The normalized spacial score (nSPS) is 12.6. The Hall–Kier alpha value is -1.63. The van der Waals surface area contributed by atoms with Crippen molar-refractivity contribution >= 4 is 17.8 Å². The van der Waals surface area contributed by atoms with E-state index >= 15 is 0 Å². The molecular formula is C13H24N2O5. The van der Waals surface area contributed by atoms with Crippen LogP contribution in [0.15, 0.2) is 0 Å². The number of esters is 1. The van der Waals surface area contributed by atoms with Crippen LogP contribution in [0.3, 0.4) is 0 Å². The van der Waals surface area contributed by atoms with Gasteiger partial charge in [-0.3, -0.25) is 9.59 Å². The summed E-state index contributed by atoms with van der Waals surface area (Å²) in [6.45, 7) is 6.38. The Labute approximate surface area is 119 Å². The molecule has 0 aliphatic carbocycles. The monoisotopic (exact) mass is 288 g/mol. The molecule has 0 aromatic heterocycles. The van der Waals surface area contributed by atoms with Crippen molar-refractivity contribution in [2.75, 3.05) is 13.7 Å². The molecule has 20 heavy (non-hydrogen) atoms. The van der Waals surface area contributed by atoms with Gasteiger partial charge in [-0.15, -0.1) is 0 Å². The number of hydrogen-bond donors (Lipinski definition) is 3. The van der Waals surface area contributed by atoms with E-state index in [1.54, 1.807) is 0 Å². The lowest BCUT2D eigenvalue weighted by molar-refractivity contribution is -0.144. The smallest absolute Gasteiger partial charge is 0.326 e. The average molecular weight is 288 g/mol. The summed E-state index contributed by atoms with van der Waals surface area (Å²) in [6.07, 6.45) is 0.147. The molecule has 0 aliphatic heterocycles. The molecule has 0 aromatic rings. The van der Waals surface area contributed by atoms with Crippen LogP contribution in [0, 0.1) is 0 Å². The zero-order valence-electron chi connectivity index (χ0n) is 12.5. The first-order chi connectivity index (χ1) is 9.15. The molecule has 0 fully saturated rings. The maximum Gasteiger partial charge on any atom is 0.326 e. The number of amides is 1. The summed E-state index contributed by atoms with van der Waals surface area (Å²) in [7, 11) is 1.23. The van der Waals surface area contributed by atoms with Crippen molar-refractivity contribution in [3.05, 3.63) is 0 Å². The number of carbonyl (C=O) groups excluding carboxylic acids is 2. The highest BCUT2D eigenvalue weighted by atomic mass is 16.5. The van der Waals surface area contributed by atoms with E-state index in [9.17, 15) is 14.4 Å². The summed E-state index contributed by atoms with van der Waals surface area (Å²) >= 11 is 0. The Morgan fingerprint density at radius 1 is 1.20 bits per heavy atom. The minimum atomic E-state index is -1.16. The molecule has 116 valence electrons. The highest BCUT2D eigenvalue weighted by Gasteiger charge is 2.21. The first-order valence-electron chi connectivity index (χ1n) is 6.49. The SMILES string of the molecule is COC(=O)CC[C@@H](NC(=O)CCNC(C)(C)C)C(=O)O. The maximum absolute atomic E-state index is 11.6. The van der Waals surface area contributed by atoms with Gasteiger partial charge in [0.25, 0.3) is 0 Å². The van der Waals surface area contributed by atoms with E-state index < -0.39 is 18.0 Å². The first-order valence-corrected chi connectivity index (χ1v) is 6.49. The average Bonchev–Trinajstić information content (AvgIpc) is 2.31. The summed E-state index contributed by atoms with van der Waals surface area (Å²) in [6, 6.07) is -1.07. The van der Waals surface area contributed by atoms with E-state index in [-0.39, 0.29) is 30.7 Å². The fraction of sp³-hybridized carbons (Fsp3) is 0.769. The van der Waals surface area contributed by atoms with Crippen LogP contribution < -0.4 is 10.6 Å². The summed E-state index contributed by atoms with van der Waals surface area (Å²) in [5.74, 6) is -2.02. The zero-order valence-corrected chi connectivity index (χ0v) is 12.5. The molecule has 3 N–H and O–H groups in total. The van der Waals surface area contributed by atoms with Crippen LogP contribution in [0.4, 0.5) is 0 Å². The van der Waals surface area contributed by atoms with Crippen LogP contribution in [0.25, 0.3) is 0 Å². The highest BCUT2D eigenvalue weighted by molar-refractivity contribution is 5.84. The number of carboxylic acids is 1. The lowest BCUT2D eigenvalue weighted by atomic mass is 10.1. The van der Waals surface area contributed by atoms with Gasteiger partial charge in [-0.05, 0) is 27.2 Å². The molecule has 0 rings (SSSR count). The van der Waals surface area contributed by atoms with Gasteiger partial charge in [-0.1, -0.05) is 0 Å². The fourth-order valence-electron chi connectivity index (χ4n) is 1.44. The van der Waals surface area contributed by atoms with Crippen molar-refractivity contribution in [1.82, 2.24) is 10.6 Å². The number of carbonyl (C=O) groups is 3. The summed E-state index contributed by atoms with van der Waals surface area (Å²) in [4.78, 5) is 33.6. The number of ether oxygens (including phenoxy) is 1. The summed E-state index contributed by atoms with van der Waals surface area (Å²) < 4.78 is 4.43. The topological polar surface area (TPSA) is 105 Å². The van der Waals surface area contributed by atoms with Gasteiger partial charge in [0.1, 0.15) is 6.04 Å². The van der Waals surface area contributed by atoms with Crippen molar-refractivity contribution in [3.8, 4) is 0 Å². The van der Waals surface area contributed by atoms with Crippen molar-refractivity contribution < 1.29 is 24.2 Å². The third-order valence-corrected chi connectivity index (χ3v) is 2.51. The van der Waals surface area contributed by atoms with E-state index in [0.29, 0.717) is 6.54 Å². The Bertz CT molecular complexity index is 349. The van der Waals surface area contributed by atoms with Crippen LogP contribution in [0.5, 0.6) is 0 Å². The van der Waals surface area contributed by atoms with Crippen LogP contribution >= 0.6 is 0 Å². The van der Waals surface area contributed by atoms with Crippen molar-refractivity contribution in [2.24, 2.45) is 0 Å². The minimum Gasteiger partial charge on any atom is -0.480 e. The number of nitrogens with one attached hydrogen (secondary N) is 2. The molecule has 1 amide bonds. The third-order valence-electron chi connectivity index (χ3n) is 2.51. The molecule has 0 bridgehead atoms. The quantitative estimate of drug-likeness (QED) is 0.554. The lowest BCUT2D eigenvalue weighted by Crippen LogP contribution is -2.43. The maximum atomic E-state index is 11.6. The number of hydrogen-bond acceptors (Lipinski definition) is 5. The predicted octanol–water partition coefficient (Wildman–Crippen LogP) is 0.287. The number of methoxy groups -OCH3 is 1. The van der Waals surface area contributed by atoms with Crippen molar-refractivity contribution in [3.63, 3.8) is 0 Å². The van der Waals surface area contributed by atoms with Crippen LogP contribution in [0.2, 0.25) is 0 Å². The highest BCUT2D eigenvalue weighted by Crippen LogP contribution is 2.01. The van der Waals surface area contributed by atoms with Crippen molar-refractivity contribution in [1.29, 1.82) is 0 Å². The Kier molecular flexibility index (Phi) is 7.83. The Morgan fingerprint density at radius 2 is 1.80 bits per heavy atom. The van der Waals surface area contributed by atoms with Gasteiger partial charge in [-0.2, -0.15) is 0 Å². The zero-order chi connectivity index (χ0) is 15.8. The van der Waals surface area contributed by atoms with E-state index in [1.807, 2.05) is 20.8 Å². The largest absolute Gasteiger partial charge is 0.480 e. The molecule has 0 saturated heterocycles. The standard InChI is InChI=1S/C13H24N2O5/c1-13(2,3)14-8-7-10(16)15-9(12(18)19)5-6-11(17)20-4/h9,14H,5-8H2,1-4H3,(H,15,16)(H,18,19)/t9-/m1/s1. The van der Waals surface area contributed by atoms with E-state index in [2.05, 4.69) is 15.4 Å². The first kappa shape index (κ1) is 18.4. The molecular weight excluding hydrogens is 264 g/mol. The van der Waals surface area contributed by atoms with Gasteiger partial charge in [0.2, 0.25) is 5.91 Å². The van der Waals surface area contributed by atoms with Crippen LogP contribution in [-0.2, 0) is 19.1 Å². The number of rotatable bonds is 8. The second-order valence-electron chi connectivity index (χ2n) is 5.50. The molecule has 7 heteroatoms. The van der Waals surface area contributed by atoms with Crippen LogP contribution in [0.1, 0.15) is 40.0 Å². The minimum absolute atomic E-state index is 0.0143. The molecule has 0 heterocycles. The number of aliphatic carboxylic acids is 1. The van der Waals surface area contributed by atoms with Gasteiger partial charge in [0.05, 0.1) is 7.11 Å². The summed E-state index contributed by atoms with van der Waals surface area (Å²) in [5.41, 5.74) is -0.0998. The van der Waals surface area contributed by atoms with Crippen molar-refractivity contribution in [2.45, 2.75) is 51.6 Å². The van der Waals surface area contributed by atoms with Gasteiger partial charge >= 0.3 is 11.9 Å². The van der Waals surface area contributed by atoms with Crippen LogP contribution in [-0.4, -0.2) is 48.2 Å². The van der Waals surface area contributed by atoms with Gasteiger partial charge in [0.15, 0.2) is 0 Å². The molecule has 0 aliphatic rings. The Morgan fingerprint density at radius 3 is 2.25 bits per heavy atom. The molecule has 0 saturated carbocycles. The van der Waals surface area contributed by atoms with Gasteiger partial charge < -0.3 is 20.5 Å². The Balaban J connectivity index is 4.15.